The van der Waals surface area contributed by atoms with Crippen molar-refractivity contribution < 1.29 is 35.9 Å². The highest BCUT2D eigenvalue weighted by molar-refractivity contribution is 5.73. The molecule has 2 saturated carbocycles. The van der Waals surface area contributed by atoms with Gasteiger partial charge in [-0.25, -0.2) is 0 Å². The zero-order chi connectivity index (χ0) is 21.5. The summed E-state index contributed by atoms with van der Waals surface area (Å²) in [4.78, 5) is 21.3. The normalized spacial score (nSPS) is 28.6. The first-order valence-electron chi connectivity index (χ1n) is 9.46. The van der Waals surface area contributed by atoms with Crippen LogP contribution in [0.25, 0.3) is 0 Å². The second-order valence-electron chi connectivity index (χ2n) is 7.58. The van der Waals surface area contributed by atoms with Crippen molar-refractivity contribution >= 4 is 11.8 Å². The molecule has 2 N–H and O–H groups in total. The van der Waals surface area contributed by atoms with Crippen LogP contribution in [0.3, 0.4) is 0 Å². The summed E-state index contributed by atoms with van der Waals surface area (Å²) in [7, 11) is 0. The predicted molar refractivity (Wildman–Crippen MR) is 91.2 cm³/mol. The molecule has 2 fully saturated rings. The number of amides is 2. The zero-order valence-electron chi connectivity index (χ0n) is 16.1. The Morgan fingerprint density at radius 1 is 0.607 bits per heavy atom. The van der Waals surface area contributed by atoms with Crippen molar-refractivity contribution in [2.24, 2.45) is 11.8 Å². The Hall–Kier alpha value is -1.48. The molecule has 0 aliphatic heterocycles. The number of nitrogens with one attached hydrogen (secondary N) is 2. The van der Waals surface area contributed by atoms with Crippen molar-refractivity contribution in [3.8, 4) is 0 Å². The number of carbonyl (C=O) groups excluding carboxylic acids is 2. The third kappa shape index (κ3) is 9.14. The molecule has 2 aliphatic carbocycles. The molecular weight excluding hydrogens is 390 g/mol. The average molecular weight is 418 g/mol. The smallest absolute Gasteiger partial charge is 0.354 e. The van der Waals surface area contributed by atoms with E-state index in [0.29, 0.717) is 25.7 Å². The van der Waals surface area contributed by atoms with Crippen molar-refractivity contribution in [3.05, 3.63) is 0 Å². The van der Waals surface area contributed by atoms with Gasteiger partial charge < -0.3 is 10.6 Å². The molecule has 0 atom stereocenters. The summed E-state index contributed by atoms with van der Waals surface area (Å²) in [6.07, 6.45) is -5.87. The Kier molecular flexibility index (Phi) is 9.07. The van der Waals surface area contributed by atoms with Gasteiger partial charge in [0.05, 0.1) is 11.8 Å². The predicted octanol–water partition coefficient (Wildman–Crippen LogP) is 4.49. The molecule has 164 valence electrons. The van der Waals surface area contributed by atoms with E-state index >= 15 is 0 Å². The molecule has 4 nitrogen and oxygen atoms in total. The van der Waals surface area contributed by atoms with E-state index in [0.717, 1.165) is 0 Å². The number of rotatable bonds is 2. The van der Waals surface area contributed by atoms with Crippen LogP contribution < -0.4 is 10.6 Å². The molecule has 0 aromatic heterocycles. The molecule has 0 bridgehead atoms. The zero-order valence-corrected chi connectivity index (χ0v) is 16.1. The fraction of sp³-hybridized carbons (Fsp3) is 0.889. The fourth-order valence-corrected chi connectivity index (χ4v) is 3.71. The fourth-order valence-electron chi connectivity index (χ4n) is 3.71. The number of hydrogen-bond acceptors (Lipinski definition) is 2. The van der Waals surface area contributed by atoms with Crippen LogP contribution in [0.4, 0.5) is 26.3 Å². The molecule has 0 aromatic rings. The maximum absolute atomic E-state index is 12.2. The van der Waals surface area contributed by atoms with Crippen LogP contribution in [-0.2, 0) is 9.59 Å². The minimum atomic E-state index is -4.07. The molecule has 0 aromatic carbocycles. The monoisotopic (exact) mass is 418 g/mol. The van der Waals surface area contributed by atoms with E-state index in [2.05, 4.69) is 10.6 Å². The number of hydrogen-bond donors (Lipinski definition) is 2. The average Bonchev–Trinajstić information content (AvgIpc) is 2.53. The SMILES string of the molecule is CC(=O)NC1CCC(C(F)(F)F)CC1.CC(=O)NC1CCC(C(F)(F)F)CC1. The van der Waals surface area contributed by atoms with Crippen molar-refractivity contribution in [3.63, 3.8) is 0 Å². The largest absolute Gasteiger partial charge is 0.391 e. The molecule has 2 amide bonds. The molecule has 28 heavy (non-hydrogen) atoms. The lowest BCUT2D eigenvalue weighted by molar-refractivity contribution is -0.183. The molecule has 0 heterocycles. The first-order valence-corrected chi connectivity index (χ1v) is 9.46. The first kappa shape index (κ1) is 24.6. The standard InChI is InChI=1S/2C9H14F3NO/c2*1-6(14)13-8-4-2-7(3-5-8)9(10,11)12/h2*7-8H,2-5H2,1H3,(H,13,14). The first-order chi connectivity index (χ1) is 12.8. The molecule has 2 aliphatic rings. The van der Waals surface area contributed by atoms with Crippen LogP contribution in [0.2, 0.25) is 0 Å². The minimum Gasteiger partial charge on any atom is -0.354 e. The highest BCUT2D eigenvalue weighted by atomic mass is 19.4. The van der Waals surface area contributed by atoms with Crippen molar-refractivity contribution in [1.82, 2.24) is 10.6 Å². The van der Waals surface area contributed by atoms with Gasteiger partial charge in [-0.3, -0.25) is 9.59 Å². The summed E-state index contributed by atoms with van der Waals surface area (Å²) in [5, 5.41) is 5.29. The van der Waals surface area contributed by atoms with Crippen LogP contribution in [-0.4, -0.2) is 36.3 Å². The van der Waals surface area contributed by atoms with E-state index in [1.54, 1.807) is 0 Å². The maximum atomic E-state index is 12.2. The topological polar surface area (TPSA) is 58.2 Å². The van der Waals surface area contributed by atoms with Crippen molar-refractivity contribution in [2.45, 2.75) is 89.7 Å². The van der Waals surface area contributed by atoms with Gasteiger partial charge in [-0.15, -0.1) is 0 Å². The second kappa shape index (κ2) is 10.3. The Balaban J connectivity index is 0.000000280. The van der Waals surface area contributed by atoms with E-state index in [-0.39, 0.29) is 49.6 Å². The van der Waals surface area contributed by atoms with Gasteiger partial charge in [0, 0.05) is 25.9 Å². The summed E-state index contributed by atoms with van der Waals surface area (Å²) < 4.78 is 73.5. The Morgan fingerprint density at radius 3 is 1.04 bits per heavy atom. The quantitative estimate of drug-likeness (QED) is 0.650. The third-order valence-corrected chi connectivity index (χ3v) is 5.19. The van der Waals surface area contributed by atoms with E-state index in [1.165, 1.54) is 13.8 Å². The molecule has 0 unspecified atom stereocenters. The van der Waals surface area contributed by atoms with E-state index < -0.39 is 24.2 Å². The lowest BCUT2D eigenvalue weighted by atomic mass is 9.85. The van der Waals surface area contributed by atoms with Gasteiger partial charge >= 0.3 is 12.4 Å². The second-order valence-corrected chi connectivity index (χ2v) is 7.58. The van der Waals surface area contributed by atoms with Gasteiger partial charge in [-0.2, -0.15) is 26.3 Å². The Labute approximate surface area is 160 Å². The minimum absolute atomic E-state index is 0.0638. The summed E-state index contributed by atoms with van der Waals surface area (Å²) >= 11 is 0. The van der Waals surface area contributed by atoms with Crippen LogP contribution in [0.1, 0.15) is 65.2 Å². The molecule has 0 radical (unpaired) electrons. The maximum Gasteiger partial charge on any atom is 0.391 e. The van der Waals surface area contributed by atoms with E-state index in [9.17, 15) is 35.9 Å². The van der Waals surface area contributed by atoms with E-state index in [1.807, 2.05) is 0 Å². The lowest BCUT2D eigenvalue weighted by Crippen LogP contribution is -2.38. The van der Waals surface area contributed by atoms with Crippen LogP contribution in [0.5, 0.6) is 0 Å². The van der Waals surface area contributed by atoms with Gasteiger partial charge in [0.1, 0.15) is 0 Å². The summed E-state index contributed by atoms with van der Waals surface area (Å²) in [5.74, 6) is -2.68. The highest BCUT2D eigenvalue weighted by Crippen LogP contribution is 2.38. The van der Waals surface area contributed by atoms with Crippen LogP contribution >= 0.6 is 0 Å². The van der Waals surface area contributed by atoms with Crippen molar-refractivity contribution in [1.29, 1.82) is 0 Å². The van der Waals surface area contributed by atoms with Gasteiger partial charge in [-0.1, -0.05) is 0 Å². The number of halogens is 6. The summed E-state index contributed by atoms with van der Waals surface area (Å²) in [5.41, 5.74) is 0. The summed E-state index contributed by atoms with van der Waals surface area (Å²) in [6, 6.07) is -0.128. The third-order valence-electron chi connectivity index (χ3n) is 5.19. The molecule has 0 spiro atoms. The Bertz CT molecular complexity index is 459. The van der Waals surface area contributed by atoms with E-state index in [4.69, 9.17) is 0 Å². The molecule has 2 rings (SSSR count). The van der Waals surface area contributed by atoms with Gasteiger partial charge in [0.15, 0.2) is 0 Å². The summed E-state index contributed by atoms with van der Waals surface area (Å²) in [6.45, 7) is 2.77. The molecule has 0 saturated heterocycles. The number of alkyl halides is 6. The number of carbonyl (C=O) groups is 2. The van der Waals surface area contributed by atoms with Gasteiger partial charge in [0.25, 0.3) is 0 Å². The van der Waals surface area contributed by atoms with Gasteiger partial charge in [-0.05, 0) is 51.4 Å². The van der Waals surface area contributed by atoms with Gasteiger partial charge in [0.2, 0.25) is 11.8 Å². The van der Waals surface area contributed by atoms with Crippen LogP contribution in [0.15, 0.2) is 0 Å². The lowest BCUT2D eigenvalue weighted by Gasteiger charge is -2.29. The molecular formula is C18H28F6N2O2. The highest BCUT2D eigenvalue weighted by Gasteiger charge is 2.42. The Morgan fingerprint density at radius 2 is 0.857 bits per heavy atom. The van der Waals surface area contributed by atoms with Crippen molar-refractivity contribution in [2.75, 3.05) is 0 Å². The van der Waals surface area contributed by atoms with Crippen LogP contribution in [0, 0.1) is 11.8 Å². The molecule has 10 heteroatoms.